The first-order chi connectivity index (χ1) is 8.27. The van der Waals surface area contributed by atoms with Gasteiger partial charge in [-0.1, -0.05) is 32.1 Å². The Hall–Kier alpha value is -0.830. The Morgan fingerprint density at radius 3 is 2.47 bits per heavy atom. The molecule has 17 heavy (non-hydrogen) atoms. The molecule has 0 bridgehead atoms. The highest BCUT2D eigenvalue weighted by atomic mass is 15.3. The predicted molar refractivity (Wildman–Crippen MR) is 70.9 cm³/mol. The van der Waals surface area contributed by atoms with E-state index in [9.17, 15) is 0 Å². The Morgan fingerprint density at radius 1 is 1.24 bits per heavy atom. The maximum absolute atomic E-state index is 4.29. The van der Waals surface area contributed by atoms with E-state index < -0.39 is 0 Å². The molecule has 0 spiro atoms. The average Bonchev–Trinajstić information content (AvgIpc) is 2.59. The van der Waals surface area contributed by atoms with E-state index in [-0.39, 0.29) is 0 Å². The summed E-state index contributed by atoms with van der Waals surface area (Å²) >= 11 is 0. The summed E-state index contributed by atoms with van der Waals surface area (Å²) in [6.07, 6.45) is 11.7. The number of nitrogens with one attached hydrogen (secondary N) is 1. The minimum Gasteiger partial charge on any atom is -0.310 e. The molecule has 2 rings (SSSR count). The summed E-state index contributed by atoms with van der Waals surface area (Å²) in [5.41, 5.74) is 2.62. The van der Waals surface area contributed by atoms with E-state index >= 15 is 0 Å². The second kappa shape index (κ2) is 6.20. The Balaban J connectivity index is 1.82. The van der Waals surface area contributed by atoms with Crippen molar-refractivity contribution in [1.29, 1.82) is 0 Å². The fourth-order valence-corrected chi connectivity index (χ4v) is 2.63. The van der Waals surface area contributed by atoms with Crippen molar-refractivity contribution < 1.29 is 0 Å². The van der Waals surface area contributed by atoms with Gasteiger partial charge in [0.2, 0.25) is 0 Å². The molecule has 3 heteroatoms. The van der Waals surface area contributed by atoms with Crippen molar-refractivity contribution >= 4 is 0 Å². The van der Waals surface area contributed by atoms with E-state index in [1.54, 1.807) is 0 Å². The van der Waals surface area contributed by atoms with Crippen LogP contribution in [-0.2, 0) is 13.6 Å². The zero-order valence-corrected chi connectivity index (χ0v) is 11.2. The zero-order valence-electron chi connectivity index (χ0n) is 11.2. The molecule has 1 aliphatic rings. The number of aromatic nitrogens is 2. The van der Waals surface area contributed by atoms with Crippen molar-refractivity contribution in [1.82, 2.24) is 15.1 Å². The normalized spacial score (nSPS) is 18.9. The number of nitrogens with zero attached hydrogens (tertiary/aromatic N) is 2. The van der Waals surface area contributed by atoms with E-state index in [0.29, 0.717) is 0 Å². The largest absolute Gasteiger partial charge is 0.310 e. The lowest BCUT2D eigenvalue weighted by molar-refractivity contribution is 0.388. The lowest BCUT2D eigenvalue weighted by Crippen LogP contribution is -2.29. The van der Waals surface area contributed by atoms with Gasteiger partial charge in [-0.15, -0.1) is 0 Å². The molecule has 0 saturated heterocycles. The topological polar surface area (TPSA) is 29.9 Å². The molecule has 0 atom stereocenters. The van der Waals surface area contributed by atoms with Gasteiger partial charge in [-0.25, -0.2) is 0 Å². The van der Waals surface area contributed by atoms with Crippen LogP contribution in [0.2, 0.25) is 0 Å². The first kappa shape index (κ1) is 12.6. The molecule has 96 valence electrons. The summed E-state index contributed by atoms with van der Waals surface area (Å²) in [5, 5.41) is 8.00. The summed E-state index contributed by atoms with van der Waals surface area (Å²) in [6, 6.07) is 0.718. The first-order valence-electron chi connectivity index (χ1n) is 6.98. The summed E-state index contributed by atoms with van der Waals surface area (Å²) in [7, 11) is 2.01. The zero-order chi connectivity index (χ0) is 12.1. The van der Waals surface area contributed by atoms with Crippen LogP contribution in [0.4, 0.5) is 0 Å². The Kier molecular flexibility index (Phi) is 4.60. The molecule has 1 saturated carbocycles. The monoisotopic (exact) mass is 235 g/mol. The second-order valence-electron chi connectivity index (χ2n) is 5.30. The van der Waals surface area contributed by atoms with E-state index in [4.69, 9.17) is 0 Å². The molecule has 0 radical (unpaired) electrons. The van der Waals surface area contributed by atoms with Gasteiger partial charge in [0.05, 0.1) is 6.20 Å². The van der Waals surface area contributed by atoms with Crippen LogP contribution < -0.4 is 5.32 Å². The highest BCUT2D eigenvalue weighted by molar-refractivity contribution is 5.15. The Labute approximate surface area is 105 Å². The first-order valence-corrected chi connectivity index (χ1v) is 6.98. The Bertz CT molecular complexity index is 335. The summed E-state index contributed by atoms with van der Waals surface area (Å²) in [4.78, 5) is 0. The van der Waals surface area contributed by atoms with Crippen LogP contribution >= 0.6 is 0 Å². The van der Waals surface area contributed by atoms with Gasteiger partial charge >= 0.3 is 0 Å². The molecule has 1 aliphatic carbocycles. The van der Waals surface area contributed by atoms with Gasteiger partial charge in [-0.2, -0.15) is 5.10 Å². The van der Waals surface area contributed by atoms with Crippen LogP contribution in [0.15, 0.2) is 6.20 Å². The average molecular weight is 235 g/mol. The van der Waals surface area contributed by atoms with Crippen LogP contribution in [0.3, 0.4) is 0 Å². The van der Waals surface area contributed by atoms with Crippen LogP contribution in [0.1, 0.15) is 56.2 Å². The third kappa shape index (κ3) is 3.56. The third-order valence-corrected chi connectivity index (χ3v) is 4.02. The standard InChI is InChI=1S/C14H25N3/c1-12-13(11-16-17(12)2)10-15-14-8-6-4-3-5-7-9-14/h11,14-15H,3-10H2,1-2H3. The van der Waals surface area contributed by atoms with Gasteiger partial charge in [0.15, 0.2) is 0 Å². The molecule has 1 aromatic heterocycles. The summed E-state index contributed by atoms with van der Waals surface area (Å²) in [6.45, 7) is 3.12. The molecule has 1 aromatic rings. The SMILES string of the molecule is Cc1c(CNC2CCCCCCC2)cnn1C. The second-order valence-corrected chi connectivity index (χ2v) is 5.30. The van der Waals surface area contributed by atoms with Crippen molar-refractivity contribution in [3.8, 4) is 0 Å². The van der Waals surface area contributed by atoms with Gasteiger partial charge < -0.3 is 5.32 Å². The maximum Gasteiger partial charge on any atom is 0.0537 e. The Morgan fingerprint density at radius 2 is 1.88 bits per heavy atom. The van der Waals surface area contributed by atoms with Crippen LogP contribution in [0, 0.1) is 6.92 Å². The third-order valence-electron chi connectivity index (χ3n) is 4.02. The van der Waals surface area contributed by atoms with Gasteiger partial charge in [-0.3, -0.25) is 4.68 Å². The van der Waals surface area contributed by atoms with E-state index in [1.165, 1.54) is 56.2 Å². The molecular weight excluding hydrogens is 210 g/mol. The minimum absolute atomic E-state index is 0.718. The van der Waals surface area contributed by atoms with Crippen molar-refractivity contribution in [2.75, 3.05) is 0 Å². The lowest BCUT2D eigenvalue weighted by atomic mass is 9.96. The van der Waals surface area contributed by atoms with Crippen molar-refractivity contribution in [2.24, 2.45) is 7.05 Å². The van der Waals surface area contributed by atoms with Crippen molar-refractivity contribution in [2.45, 2.75) is 64.5 Å². The van der Waals surface area contributed by atoms with E-state index in [1.807, 2.05) is 17.9 Å². The summed E-state index contributed by atoms with van der Waals surface area (Å²) in [5.74, 6) is 0. The molecular formula is C14H25N3. The van der Waals surface area contributed by atoms with Crippen LogP contribution in [-0.4, -0.2) is 15.8 Å². The van der Waals surface area contributed by atoms with Crippen LogP contribution in [0.5, 0.6) is 0 Å². The maximum atomic E-state index is 4.29. The molecule has 0 aromatic carbocycles. The van der Waals surface area contributed by atoms with E-state index in [0.717, 1.165) is 12.6 Å². The molecule has 0 amide bonds. The fourth-order valence-electron chi connectivity index (χ4n) is 2.63. The number of aryl methyl sites for hydroxylation is 1. The number of rotatable bonds is 3. The fraction of sp³-hybridized carbons (Fsp3) is 0.786. The van der Waals surface area contributed by atoms with Crippen LogP contribution in [0.25, 0.3) is 0 Å². The van der Waals surface area contributed by atoms with Gasteiger partial charge in [0, 0.05) is 30.9 Å². The van der Waals surface area contributed by atoms with Gasteiger partial charge in [0.25, 0.3) is 0 Å². The highest BCUT2D eigenvalue weighted by Gasteiger charge is 2.11. The van der Waals surface area contributed by atoms with E-state index in [2.05, 4.69) is 17.3 Å². The lowest BCUT2D eigenvalue weighted by Gasteiger charge is -2.21. The number of hydrogen-bond donors (Lipinski definition) is 1. The van der Waals surface area contributed by atoms with Gasteiger partial charge in [-0.05, 0) is 19.8 Å². The minimum atomic E-state index is 0.718. The van der Waals surface area contributed by atoms with Crippen molar-refractivity contribution in [3.63, 3.8) is 0 Å². The number of hydrogen-bond acceptors (Lipinski definition) is 2. The molecule has 3 nitrogen and oxygen atoms in total. The van der Waals surface area contributed by atoms with Crippen molar-refractivity contribution in [3.05, 3.63) is 17.5 Å². The molecule has 0 unspecified atom stereocenters. The predicted octanol–water partition coefficient (Wildman–Crippen LogP) is 2.93. The molecule has 0 aliphatic heterocycles. The molecule has 1 fully saturated rings. The molecule has 1 heterocycles. The summed E-state index contributed by atoms with van der Waals surface area (Å²) < 4.78 is 1.95. The van der Waals surface area contributed by atoms with Gasteiger partial charge in [0.1, 0.15) is 0 Å². The smallest absolute Gasteiger partial charge is 0.0537 e. The molecule has 1 N–H and O–H groups in total. The quantitative estimate of drug-likeness (QED) is 0.873. The highest BCUT2D eigenvalue weighted by Crippen LogP contribution is 2.17.